The van der Waals surface area contributed by atoms with Crippen LogP contribution in [0.4, 0.5) is 0 Å². The monoisotopic (exact) mass is 177 g/mol. The first-order valence-corrected chi connectivity index (χ1v) is 3.91. The number of aryl methyl sites for hydroxylation is 1. The summed E-state index contributed by atoms with van der Waals surface area (Å²) in [5.41, 5.74) is 0.588. The molecule has 0 spiro atoms. The van der Waals surface area contributed by atoms with Crippen molar-refractivity contribution >= 4 is 5.78 Å². The zero-order valence-corrected chi connectivity index (χ0v) is 7.45. The molecule has 0 bridgehead atoms. The molecule has 0 aromatic carbocycles. The number of Topliss-reactive ketones (excluding diaryl/α,β-unsaturated/α-hetero) is 1. The molecule has 4 nitrogen and oxygen atoms in total. The molecule has 0 atom stereocenters. The second kappa shape index (κ2) is 4.43. The third kappa shape index (κ3) is 2.42. The Hall–Kier alpha value is -1.60. The Morgan fingerprint density at radius 3 is 3.15 bits per heavy atom. The summed E-state index contributed by atoms with van der Waals surface area (Å²) in [5.74, 6) is 2.39. The van der Waals surface area contributed by atoms with E-state index in [0.717, 1.165) is 0 Å². The van der Waals surface area contributed by atoms with E-state index in [0.29, 0.717) is 12.2 Å². The van der Waals surface area contributed by atoms with Crippen molar-refractivity contribution in [2.45, 2.75) is 0 Å². The molecule has 1 rings (SSSR count). The number of terminal acetylenes is 1. The number of aromatic nitrogens is 2. The van der Waals surface area contributed by atoms with Gasteiger partial charge in [0.25, 0.3) is 0 Å². The maximum atomic E-state index is 11.4. The van der Waals surface area contributed by atoms with Gasteiger partial charge in [-0.15, -0.1) is 6.42 Å². The summed E-state index contributed by atoms with van der Waals surface area (Å²) in [5, 5.41) is 6.72. The molecule has 1 aromatic heterocycles. The highest BCUT2D eigenvalue weighted by atomic mass is 16.1. The average Bonchev–Trinajstić information content (AvgIpc) is 2.52. The molecule has 0 aliphatic heterocycles. The van der Waals surface area contributed by atoms with E-state index in [1.165, 1.54) is 0 Å². The normalized spacial score (nSPS) is 9.54. The Morgan fingerprint density at radius 2 is 2.62 bits per heavy atom. The first-order chi connectivity index (χ1) is 6.25. The zero-order chi connectivity index (χ0) is 9.68. The van der Waals surface area contributed by atoms with Crippen LogP contribution in [-0.4, -0.2) is 28.7 Å². The molecule has 1 heterocycles. The van der Waals surface area contributed by atoms with Gasteiger partial charge >= 0.3 is 0 Å². The number of nitrogens with zero attached hydrogens (tertiary/aromatic N) is 2. The molecule has 0 saturated carbocycles. The van der Waals surface area contributed by atoms with Crippen LogP contribution in [0.3, 0.4) is 0 Å². The Balaban J connectivity index is 2.50. The maximum Gasteiger partial charge on any atom is 0.194 e. The van der Waals surface area contributed by atoms with Crippen molar-refractivity contribution in [1.82, 2.24) is 15.1 Å². The van der Waals surface area contributed by atoms with Gasteiger partial charge in [0.05, 0.1) is 13.1 Å². The highest BCUT2D eigenvalue weighted by molar-refractivity contribution is 5.95. The average molecular weight is 177 g/mol. The molecule has 0 amide bonds. The molecular formula is C9H11N3O. The lowest BCUT2D eigenvalue weighted by Gasteiger charge is -2.00. The van der Waals surface area contributed by atoms with E-state index in [4.69, 9.17) is 6.42 Å². The number of hydrogen-bond donors (Lipinski definition) is 1. The van der Waals surface area contributed by atoms with Crippen LogP contribution in [0.25, 0.3) is 0 Å². The zero-order valence-electron chi connectivity index (χ0n) is 7.45. The SMILES string of the molecule is C#CCNCC(=O)c1ccnn1C. The molecule has 4 heteroatoms. The fourth-order valence-corrected chi connectivity index (χ4v) is 0.986. The van der Waals surface area contributed by atoms with Gasteiger partial charge in [-0.05, 0) is 6.07 Å². The first-order valence-electron chi connectivity index (χ1n) is 3.91. The van der Waals surface area contributed by atoms with Gasteiger partial charge in [0.2, 0.25) is 0 Å². The van der Waals surface area contributed by atoms with Crippen LogP contribution in [0, 0.1) is 12.3 Å². The van der Waals surface area contributed by atoms with Gasteiger partial charge in [0.1, 0.15) is 5.69 Å². The topological polar surface area (TPSA) is 46.9 Å². The highest BCUT2D eigenvalue weighted by Crippen LogP contribution is 1.96. The van der Waals surface area contributed by atoms with Crippen molar-refractivity contribution in [1.29, 1.82) is 0 Å². The second-order valence-corrected chi connectivity index (χ2v) is 2.57. The third-order valence-corrected chi connectivity index (χ3v) is 1.62. The minimum absolute atomic E-state index is 0.00440. The van der Waals surface area contributed by atoms with E-state index >= 15 is 0 Å². The number of carbonyl (C=O) groups is 1. The van der Waals surface area contributed by atoms with Crippen LogP contribution in [0.2, 0.25) is 0 Å². The Kier molecular flexibility index (Phi) is 3.23. The molecule has 0 aliphatic rings. The molecule has 0 fully saturated rings. The largest absolute Gasteiger partial charge is 0.299 e. The Morgan fingerprint density at radius 1 is 1.85 bits per heavy atom. The number of hydrogen-bond acceptors (Lipinski definition) is 3. The lowest BCUT2D eigenvalue weighted by atomic mass is 10.3. The van der Waals surface area contributed by atoms with E-state index < -0.39 is 0 Å². The van der Waals surface area contributed by atoms with Gasteiger partial charge in [0.15, 0.2) is 5.78 Å². The number of ketones is 1. The molecule has 0 saturated heterocycles. The van der Waals surface area contributed by atoms with Gasteiger partial charge in [-0.3, -0.25) is 14.8 Å². The van der Waals surface area contributed by atoms with Gasteiger partial charge in [-0.1, -0.05) is 5.92 Å². The fourth-order valence-electron chi connectivity index (χ4n) is 0.986. The highest BCUT2D eigenvalue weighted by Gasteiger charge is 2.07. The minimum Gasteiger partial charge on any atom is -0.299 e. The first kappa shape index (κ1) is 9.49. The molecule has 0 radical (unpaired) electrons. The van der Waals surface area contributed by atoms with Gasteiger partial charge in [-0.25, -0.2) is 0 Å². The van der Waals surface area contributed by atoms with E-state index in [9.17, 15) is 4.79 Å². The molecule has 0 unspecified atom stereocenters. The Labute approximate surface area is 76.9 Å². The standard InChI is InChI=1S/C9H11N3O/c1-3-5-10-7-9(13)8-4-6-11-12(8)2/h1,4,6,10H,5,7H2,2H3. The van der Waals surface area contributed by atoms with Gasteiger partial charge in [0, 0.05) is 13.2 Å². The molecule has 0 aliphatic carbocycles. The van der Waals surface area contributed by atoms with E-state index in [2.05, 4.69) is 16.3 Å². The summed E-state index contributed by atoms with van der Waals surface area (Å²) in [4.78, 5) is 11.4. The maximum absolute atomic E-state index is 11.4. The Bertz CT molecular complexity index is 335. The quantitative estimate of drug-likeness (QED) is 0.394. The number of rotatable bonds is 4. The summed E-state index contributed by atoms with van der Waals surface area (Å²) in [6, 6.07) is 1.68. The van der Waals surface area contributed by atoms with Crippen LogP contribution < -0.4 is 5.32 Å². The molecular weight excluding hydrogens is 166 g/mol. The van der Waals surface area contributed by atoms with Crippen molar-refractivity contribution in [3.63, 3.8) is 0 Å². The number of carbonyl (C=O) groups excluding carboxylic acids is 1. The van der Waals surface area contributed by atoms with E-state index in [1.54, 1.807) is 24.0 Å². The van der Waals surface area contributed by atoms with Crippen molar-refractivity contribution < 1.29 is 4.79 Å². The molecule has 68 valence electrons. The summed E-state index contributed by atoms with van der Waals surface area (Å²) >= 11 is 0. The van der Waals surface area contributed by atoms with E-state index in [-0.39, 0.29) is 12.3 Å². The number of nitrogens with one attached hydrogen (secondary N) is 1. The van der Waals surface area contributed by atoms with Crippen LogP contribution in [0.5, 0.6) is 0 Å². The fraction of sp³-hybridized carbons (Fsp3) is 0.333. The van der Waals surface area contributed by atoms with Gasteiger partial charge in [-0.2, -0.15) is 5.10 Å². The van der Waals surface area contributed by atoms with Crippen molar-refractivity contribution in [3.8, 4) is 12.3 Å². The lowest BCUT2D eigenvalue weighted by Crippen LogP contribution is -2.24. The summed E-state index contributed by atoms with van der Waals surface area (Å²) in [6.07, 6.45) is 6.61. The van der Waals surface area contributed by atoms with Crippen LogP contribution >= 0.6 is 0 Å². The third-order valence-electron chi connectivity index (χ3n) is 1.62. The molecule has 1 aromatic rings. The summed E-state index contributed by atoms with van der Waals surface area (Å²) in [7, 11) is 1.73. The second-order valence-electron chi connectivity index (χ2n) is 2.57. The predicted octanol–water partition coefficient (Wildman–Crippen LogP) is -0.174. The van der Waals surface area contributed by atoms with Crippen molar-refractivity contribution in [2.24, 2.45) is 7.05 Å². The van der Waals surface area contributed by atoms with Crippen molar-refractivity contribution in [3.05, 3.63) is 18.0 Å². The molecule has 1 N–H and O–H groups in total. The van der Waals surface area contributed by atoms with E-state index in [1.807, 2.05) is 0 Å². The smallest absolute Gasteiger partial charge is 0.194 e. The lowest BCUT2D eigenvalue weighted by molar-refractivity contribution is 0.0983. The minimum atomic E-state index is -0.00440. The summed E-state index contributed by atoms with van der Waals surface area (Å²) < 4.78 is 1.54. The van der Waals surface area contributed by atoms with Crippen LogP contribution in [0.15, 0.2) is 12.3 Å². The van der Waals surface area contributed by atoms with Crippen molar-refractivity contribution in [2.75, 3.05) is 13.1 Å². The van der Waals surface area contributed by atoms with Crippen LogP contribution in [-0.2, 0) is 7.05 Å². The molecule has 13 heavy (non-hydrogen) atoms. The van der Waals surface area contributed by atoms with Crippen LogP contribution in [0.1, 0.15) is 10.5 Å². The summed E-state index contributed by atoms with van der Waals surface area (Å²) in [6.45, 7) is 0.660. The van der Waals surface area contributed by atoms with Gasteiger partial charge < -0.3 is 0 Å². The predicted molar refractivity (Wildman–Crippen MR) is 49.2 cm³/mol.